The quantitative estimate of drug-likeness (QED) is 0.658. The number of nitrogens with one attached hydrogen (secondary N) is 2. The first-order valence-electron chi connectivity index (χ1n) is 8.98. The number of nitrogens with zero attached hydrogens (tertiary/aromatic N) is 3. The molecule has 1 fully saturated rings. The number of H-pyrrole nitrogens is 1. The molecule has 1 amide bonds. The van der Waals surface area contributed by atoms with Gasteiger partial charge in [-0.15, -0.1) is 11.3 Å². The number of benzene rings is 1. The van der Waals surface area contributed by atoms with E-state index in [0.29, 0.717) is 12.4 Å². The lowest BCUT2D eigenvalue weighted by Crippen LogP contribution is -2.39. The second kappa shape index (κ2) is 7.78. The number of hydrogen-bond donors (Lipinski definition) is 2. The van der Waals surface area contributed by atoms with E-state index in [9.17, 15) is 4.79 Å². The maximum absolute atomic E-state index is 12.5. The first-order chi connectivity index (χ1) is 13.1. The molecule has 0 bridgehead atoms. The number of hydrogen-bond acceptors (Lipinski definition) is 5. The third-order valence-electron chi connectivity index (χ3n) is 5.13. The summed E-state index contributed by atoms with van der Waals surface area (Å²) >= 11 is 7.64. The molecule has 0 spiro atoms. The molecule has 1 aliphatic carbocycles. The van der Waals surface area contributed by atoms with Crippen molar-refractivity contribution in [2.24, 2.45) is 0 Å². The van der Waals surface area contributed by atoms with Crippen molar-refractivity contribution in [1.29, 1.82) is 0 Å². The number of thiazole rings is 1. The van der Waals surface area contributed by atoms with Gasteiger partial charge >= 0.3 is 0 Å². The zero-order chi connectivity index (χ0) is 18.7. The Hall–Kier alpha value is -2.25. The van der Waals surface area contributed by atoms with E-state index in [2.05, 4.69) is 31.5 Å². The van der Waals surface area contributed by atoms with E-state index >= 15 is 0 Å². The van der Waals surface area contributed by atoms with Gasteiger partial charge in [0.05, 0.1) is 12.1 Å². The molecule has 140 valence electrons. The third-order valence-corrected chi connectivity index (χ3v) is 6.27. The van der Waals surface area contributed by atoms with Crippen LogP contribution in [0.3, 0.4) is 0 Å². The summed E-state index contributed by atoms with van der Waals surface area (Å²) in [7, 11) is 0. The molecule has 1 aromatic carbocycles. The number of carbonyl (C=O) groups is 1. The highest BCUT2D eigenvalue weighted by atomic mass is 35.5. The van der Waals surface area contributed by atoms with E-state index in [1.165, 1.54) is 36.1 Å². The molecule has 0 atom stereocenters. The zero-order valence-electron chi connectivity index (χ0n) is 14.7. The van der Waals surface area contributed by atoms with Crippen molar-refractivity contribution in [2.75, 3.05) is 6.54 Å². The van der Waals surface area contributed by atoms with Gasteiger partial charge in [-0.1, -0.05) is 36.6 Å². The summed E-state index contributed by atoms with van der Waals surface area (Å²) in [5.74, 6) is 0.607. The SMILES string of the molecule is O=C(Cc1csc(-c2ncn[nH]2)n1)NCC1(c2cccc(Cl)c2)CCCC1. The van der Waals surface area contributed by atoms with Crippen molar-refractivity contribution >= 4 is 28.8 Å². The Kier molecular flexibility index (Phi) is 5.22. The average molecular weight is 402 g/mol. The molecule has 1 saturated carbocycles. The van der Waals surface area contributed by atoms with E-state index in [1.54, 1.807) is 0 Å². The Morgan fingerprint density at radius 1 is 1.33 bits per heavy atom. The monoisotopic (exact) mass is 401 g/mol. The molecule has 8 heteroatoms. The minimum atomic E-state index is -0.0202. The number of aromatic amines is 1. The van der Waals surface area contributed by atoms with Crippen molar-refractivity contribution in [3.63, 3.8) is 0 Å². The van der Waals surface area contributed by atoms with Crippen LogP contribution in [0.15, 0.2) is 36.0 Å². The maximum atomic E-state index is 12.5. The van der Waals surface area contributed by atoms with Crippen LogP contribution in [0.2, 0.25) is 5.02 Å². The van der Waals surface area contributed by atoms with Gasteiger partial charge in [-0.2, -0.15) is 5.10 Å². The van der Waals surface area contributed by atoms with Crippen molar-refractivity contribution in [3.8, 4) is 10.8 Å². The molecule has 0 radical (unpaired) electrons. The largest absolute Gasteiger partial charge is 0.355 e. The van der Waals surface area contributed by atoms with E-state index in [0.717, 1.165) is 28.6 Å². The van der Waals surface area contributed by atoms with Crippen LogP contribution in [0.5, 0.6) is 0 Å². The Labute approximate surface area is 166 Å². The predicted molar refractivity (Wildman–Crippen MR) is 106 cm³/mol. The van der Waals surface area contributed by atoms with Gasteiger partial charge in [0.25, 0.3) is 0 Å². The van der Waals surface area contributed by atoms with E-state index in [1.807, 2.05) is 23.6 Å². The van der Waals surface area contributed by atoms with Crippen LogP contribution in [-0.2, 0) is 16.6 Å². The molecule has 27 heavy (non-hydrogen) atoms. The summed E-state index contributed by atoms with van der Waals surface area (Å²) < 4.78 is 0. The average Bonchev–Trinajstić information content (AvgIpc) is 3.41. The van der Waals surface area contributed by atoms with Crippen molar-refractivity contribution in [2.45, 2.75) is 37.5 Å². The molecular formula is C19H20ClN5OS. The van der Waals surface area contributed by atoms with Gasteiger partial charge in [-0.3, -0.25) is 9.89 Å². The molecule has 0 aliphatic heterocycles. The molecule has 2 heterocycles. The summed E-state index contributed by atoms with van der Waals surface area (Å²) in [6, 6.07) is 8.02. The maximum Gasteiger partial charge on any atom is 0.226 e. The van der Waals surface area contributed by atoms with Crippen LogP contribution in [0.4, 0.5) is 0 Å². The first-order valence-corrected chi connectivity index (χ1v) is 10.2. The minimum Gasteiger partial charge on any atom is -0.355 e. The van der Waals surface area contributed by atoms with E-state index in [4.69, 9.17) is 11.6 Å². The number of halogens is 1. The van der Waals surface area contributed by atoms with Crippen LogP contribution in [0, 0.1) is 0 Å². The fraction of sp³-hybridized carbons (Fsp3) is 0.368. The summed E-state index contributed by atoms with van der Waals surface area (Å²) in [5.41, 5.74) is 1.94. The molecule has 1 aliphatic rings. The second-order valence-corrected chi connectivity index (χ2v) is 8.22. The van der Waals surface area contributed by atoms with Gasteiger partial charge in [0.2, 0.25) is 5.91 Å². The summed E-state index contributed by atoms with van der Waals surface area (Å²) in [6.07, 6.45) is 6.19. The molecular weight excluding hydrogens is 382 g/mol. The van der Waals surface area contributed by atoms with Crippen LogP contribution in [0.1, 0.15) is 36.9 Å². The van der Waals surface area contributed by atoms with Gasteiger partial charge < -0.3 is 5.32 Å². The standard InChI is InChI=1S/C19H20ClN5OS/c20-14-5-3-4-13(8-14)19(6-1-2-7-19)11-21-16(26)9-15-10-27-18(24-15)17-22-12-23-25-17/h3-5,8,10,12H,1-2,6-7,9,11H2,(H,21,26)(H,22,23,25). The number of carbonyl (C=O) groups excluding carboxylic acids is 1. The molecule has 3 aromatic rings. The lowest BCUT2D eigenvalue weighted by molar-refractivity contribution is -0.120. The normalized spacial score (nSPS) is 15.7. The first kappa shape index (κ1) is 18.1. The van der Waals surface area contributed by atoms with Crippen LogP contribution in [-0.4, -0.2) is 32.6 Å². The molecule has 0 saturated heterocycles. The number of rotatable bonds is 6. The highest BCUT2D eigenvalue weighted by Crippen LogP contribution is 2.41. The summed E-state index contributed by atoms with van der Waals surface area (Å²) in [6.45, 7) is 0.630. The number of aromatic nitrogens is 4. The molecule has 2 aromatic heterocycles. The van der Waals surface area contributed by atoms with Gasteiger partial charge in [0.15, 0.2) is 10.8 Å². The summed E-state index contributed by atoms with van der Waals surface area (Å²) in [4.78, 5) is 21.1. The van der Waals surface area contributed by atoms with Crippen LogP contribution >= 0.6 is 22.9 Å². The van der Waals surface area contributed by atoms with Gasteiger partial charge in [-0.25, -0.2) is 9.97 Å². The van der Waals surface area contributed by atoms with Crippen molar-refractivity contribution < 1.29 is 4.79 Å². The third kappa shape index (κ3) is 4.04. The van der Waals surface area contributed by atoms with E-state index < -0.39 is 0 Å². The molecule has 4 rings (SSSR count). The zero-order valence-corrected chi connectivity index (χ0v) is 16.3. The summed E-state index contributed by atoms with van der Waals surface area (Å²) in [5, 5.41) is 13.1. The fourth-order valence-electron chi connectivity index (χ4n) is 3.74. The highest BCUT2D eigenvalue weighted by Gasteiger charge is 2.36. The Morgan fingerprint density at radius 3 is 2.93 bits per heavy atom. The molecule has 6 nitrogen and oxygen atoms in total. The van der Waals surface area contributed by atoms with Crippen molar-refractivity contribution in [3.05, 3.63) is 52.3 Å². The highest BCUT2D eigenvalue weighted by molar-refractivity contribution is 7.13. The van der Waals surface area contributed by atoms with Gasteiger partial charge in [0, 0.05) is 22.4 Å². The van der Waals surface area contributed by atoms with Gasteiger partial charge in [-0.05, 0) is 30.5 Å². The Bertz CT molecular complexity index is 918. The predicted octanol–water partition coefficient (Wildman–Crippen LogP) is 3.75. The van der Waals surface area contributed by atoms with Crippen LogP contribution in [0.25, 0.3) is 10.8 Å². The lowest BCUT2D eigenvalue weighted by Gasteiger charge is -2.30. The fourth-order valence-corrected chi connectivity index (χ4v) is 4.69. The van der Waals surface area contributed by atoms with Gasteiger partial charge in [0.1, 0.15) is 6.33 Å². The second-order valence-electron chi connectivity index (χ2n) is 6.93. The smallest absolute Gasteiger partial charge is 0.226 e. The number of amides is 1. The van der Waals surface area contributed by atoms with Crippen LogP contribution < -0.4 is 5.32 Å². The van der Waals surface area contributed by atoms with E-state index in [-0.39, 0.29) is 17.7 Å². The molecule has 0 unspecified atom stereocenters. The Morgan fingerprint density at radius 2 is 2.19 bits per heavy atom. The Balaban J connectivity index is 1.40. The topological polar surface area (TPSA) is 83.6 Å². The molecule has 2 N–H and O–H groups in total. The lowest BCUT2D eigenvalue weighted by atomic mass is 9.79. The minimum absolute atomic E-state index is 0.0160. The van der Waals surface area contributed by atoms with Crippen molar-refractivity contribution in [1.82, 2.24) is 25.5 Å².